The van der Waals surface area contributed by atoms with Gasteiger partial charge in [-0.05, 0) is 60.5 Å². The topological polar surface area (TPSA) is 45.5 Å². The van der Waals surface area contributed by atoms with Crippen LogP contribution in [-0.4, -0.2) is 23.8 Å². The number of imidazole rings is 1. The van der Waals surface area contributed by atoms with Crippen LogP contribution in [0.5, 0.6) is 17.2 Å². The van der Waals surface area contributed by atoms with Gasteiger partial charge < -0.3 is 18.8 Å². The number of ether oxygens (including phenoxy) is 3. The normalized spacial score (nSPS) is 11.0. The molecule has 8 heteroatoms. The fourth-order valence-electron chi connectivity index (χ4n) is 3.52. The second kappa shape index (κ2) is 9.90. The molecule has 0 unspecified atom stereocenters. The van der Waals surface area contributed by atoms with Gasteiger partial charge in [0.15, 0.2) is 11.5 Å². The first kappa shape index (κ1) is 22.6. The molecule has 0 aliphatic rings. The molecule has 0 N–H and O–H groups in total. The van der Waals surface area contributed by atoms with E-state index in [0.717, 1.165) is 28.8 Å². The summed E-state index contributed by atoms with van der Waals surface area (Å²) in [6.45, 7) is 0.945. The van der Waals surface area contributed by atoms with Crippen molar-refractivity contribution in [3.63, 3.8) is 0 Å². The van der Waals surface area contributed by atoms with E-state index in [2.05, 4.69) is 4.57 Å². The SMILES string of the molecule is COc1ccc(CCn2c(COc3ccc(Cl)cc3Cl)nc3cc(Cl)ccc32)cc1OC. The van der Waals surface area contributed by atoms with E-state index < -0.39 is 0 Å². The molecule has 0 aliphatic heterocycles. The molecular weight excluding hydrogens is 471 g/mol. The molecule has 3 aromatic carbocycles. The molecule has 0 radical (unpaired) electrons. The minimum atomic E-state index is 0.250. The predicted molar refractivity (Wildman–Crippen MR) is 129 cm³/mol. The standard InChI is InChI=1S/C24H21Cl3N2O3/c1-30-22-7-3-15(11-23(22)31-2)9-10-29-20-6-4-17(26)13-19(20)28-24(29)14-32-21-8-5-16(25)12-18(21)27/h3-8,11-13H,9-10,14H2,1-2H3. The summed E-state index contributed by atoms with van der Waals surface area (Å²) < 4.78 is 18.8. The third kappa shape index (κ3) is 4.90. The monoisotopic (exact) mass is 490 g/mol. The smallest absolute Gasteiger partial charge is 0.160 e. The van der Waals surface area contributed by atoms with Gasteiger partial charge in [-0.15, -0.1) is 0 Å². The molecule has 166 valence electrons. The van der Waals surface area contributed by atoms with Gasteiger partial charge in [0.25, 0.3) is 0 Å². The number of benzene rings is 3. The zero-order chi connectivity index (χ0) is 22.7. The lowest BCUT2D eigenvalue weighted by molar-refractivity contribution is 0.290. The summed E-state index contributed by atoms with van der Waals surface area (Å²) in [7, 11) is 3.26. The zero-order valence-electron chi connectivity index (χ0n) is 17.6. The number of aryl methyl sites for hydroxylation is 2. The van der Waals surface area contributed by atoms with Gasteiger partial charge in [0.05, 0.1) is 30.3 Å². The van der Waals surface area contributed by atoms with Crippen LogP contribution in [0.3, 0.4) is 0 Å². The number of nitrogens with zero attached hydrogens (tertiary/aromatic N) is 2. The predicted octanol–water partition coefficient (Wildman–Crippen LogP) is 6.84. The van der Waals surface area contributed by atoms with Crippen molar-refractivity contribution < 1.29 is 14.2 Å². The zero-order valence-corrected chi connectivity index (χ0v) is 19.8. The molecule has 0 atom stereocenters. The van der Waals surface area contributed by atoms with Gasteiger partial charge in [0, 0.05) is 16.6 Å². The number of halogens is 3. The fraction of sp³-hybridized carbons (Fsp3) is 0.208. The minimum absolute atomic E-state index is 0.250. The van der Waals surface area contributed by atoms with Crippen molar-refractivity contribution in [2.45, 2.75) is 19.6 Å². The van der Waals surface area contributed by atoms with E-state index in [1.165, 1.54) is 0 Å². The first-order chi connectivity index (χ1) is 15.5. The van der Waals surface area contributed by atoms with Gasteiger partial charge in [-0.3, -0.25) is 0 Å². The summed E-state index contributed by atoms with van der Waals surface area (Å²) in [5.41, 5.74) is 2.91. The van der Waals surface area contributed by atoms with Crippen LogP contribution in [0, 0.1) is 0 Å². The lowest BCUT2D eigenvalue weighted by atomic mass is 10.1. The maximum absolute atomic E-state index is 6.25. The highest BCUT2D eigenvalue weighted by molar-refractivity contribution is 6.35. The summed E-state index contributed by atoms with van der Waals surface area (Å²) >= 11 is 18.4. The molecule has 1 heterocycles. The number of rotatable bonds is 8. The summed E-state index contributed by atoms with van der Waals surface area (Å²) in [5, 5.41) is 1.64. The first-order valence-electron chi connectivity index (χ1n) is 9.92. The summed E-state index contributed by atoms with van der Waals surface area (Å²) in [5.74, 6) is 2.72. The fourth-order valence-corrected chi connectivity index (χ4v) is 4.15. The van der Waals surface area contributed by atoms with Crippen LogP contribution >= 0.6 is 34.8 Å². The highest BCUT2D eigenvalue weighted by atomic mass is 35.5. The number of fused-ring (bicyclic) bond motifs is 1. The van der Waals surface area contributed by atoms with E-state index in [-0.39, 0.29) is 6.61 Å². The Kier molecular flexibility index (Phi) is 6.99. The van der Waals surface area contributed by atoms with Crippen molar-refractivity contribution in [3.8, 4) is 17.2 Å². The molecule has 4 rings (SSSR count). The van der Waals surface area contributed by atoms with Crippen molar-refractivity contribution in [3.05, 3.63) is 81.1 Å². The number of methoxy groups -OCH3 is 2. The van der Waals surface area contributed by atoms with Crippen molar-refractivity contribution in [1.82, 2.24) is 9.55 Å². The Morgan fingerprint density at radius 1 is 0.812 bits per heavy atom. The average molecular weight is 492 g/mol. The van der Waals surface area contributed by atoms with Gasteiger partial charge in [0.2, 0.25) is 0 Å². The summed E-state index contributed by atoms with van der Waals surface area (Å²) in [6.07, 6.45) is 0.767. The Bertz CT molecular complexity index is 1260. The highest BCUT2D eigenvalue weighted by Gasteiger charge is 2.14. The second-order valence-corrected chi connectivity index (χ2v) is 8.40. The van der Waals surface area contributed by atoms with Crippen LogP contribution in [0.1, 0.15) is 11.4 Å². The Balaban J connectivity index is 1.60. The lowest BCUT2D eigenvalue weighted by Crippen LogP contribution is -2.09. The van der Waals surface area contributed by atoms with Crippen LogP contribution in [0.4, 0.5) is 0 Å². The number of aromatic nitrogens is 2. The molecule has 0 saturated heterocycles. The largest absolute Gasteiger partial charge is 0.493 e. The molecule has 4 aromatic rings. The van der Waals surface area contributed by atoms with Crippen LogP contribution in [0.15, 0.2) is 54.6 Å². The van der Waals surface area contributed by atoms with Crippen molar-refractivity contribution >= 4 is 45.8 Å². The first-order valence-corrected chi connectivity index (χ1v) is 11.1. The molecule has 0 bridgehead atoms. The van der Waals surface area contributed by atoms with E-state index in [1.54, 1.807) is 32.4 Å². The maximum atomic E-state index is 6.25. The van der Waals surface area contributed by atoms with Crippen LogP contribution in [0.2, 0.25) is 15.1 Å². The lowest BCUT2D eigenvalue weighted by Gasteiger charge is -2.13. The average Bonchev–Trinajstić information content (AvgIpc) is 3.13. The van der Waals surface area contributed by atoms with E-state index in [0.29, 0.717) is 38.9 Å². The van der Waals surface area contributed by atoms with Gasteiger partial charge in [0.1, 0.15) is 18.2 Å². The van der Waals surface area contributed by atoms with E-state index >= 15 is 0 Å². The van der Waals surface area contributed by atoms with Gasteiger partial charge in [-0.2, -0.15) is 0 Å². The van der Waals surface area contributed by atoms with Crippen molar-refractivity contribution in [2.75, 3.05) is 14.2 Å². The molecule has 0 spiro atoms. The van der Waals surface area contributed by atoms with Crippen LogP contribution in [0.25, 0.3) is 11.0 Å². The number of hydrogen-bond donors (Lipinski definition) is 0. The summed E-state index contributed by atoms with van der Waals surface area (Å²) in [4.78, 5) is 4.75. The molecule has 5 nitrogen and oxygen atoms in total. The van der Waals surface area contributed by atoms with Crippen LogP contribution < -0.4 is 14.2 Å². The van der Waals surface area contributed by atoms with E-state index in [9.17, 15) is 0 Å². The number of hydrogen-bond acceptors (Lipinski definition) is 4. The van der Waals surface area contributed by atoms with Gasteiger partial charge in [-0.1, -0.05) is 40.9 Å². The third-order valence-electron chi connectivity index (χ3n) is 5.11. The molecule has 0 amide bonds. The Morgan fingerprint density at radius 3 is 2.28 bits per heavy atom. The van der Waals surface area contributed by atoms with Crippen molar-refractivity contribution in [2.24, 2.45) is 0 Å². The Morgan fingerprint density at radius 2 is 1.53 bits per heavy atom. The minimum Gasteiger partial charge on any atom is -0.493 e. The Hall–Kier alpha value is -2.60. The quantitative estimate of drug-likeness (QED) is 0.271. The van der Waals surface area contributed by atoms with Gasteiger partial charge in [-0.25, -0.2) is 4.98 Å². The second-order valence-electron chi connectivity index (χ2n) is 7.12. The molecular formula is C24H21Cl3N2O3. The summed E-state index contributed by atoms with van der Waals surface area (Å²) in [6, 6.07) is 16.7. The molecule has 0 saturated carbocycles. The van der Waals surface area contributed by atoms with Crippen molar-refractivity contribution in [1.29, 1.82) is 0 Å². The molecule has 0 fully saturated rings. The molecule has 0 aliphatic carbocycles. The maximum Gasteiger partial charge on any atom is 0.160 e. The van der Waals surface area contributed by atoms with E-state index in [1.807, 2.05) is 36.4 Å². The third-order valence-corrected chi connectivity index (χ3v) is 5.88. The highest BCUT2D eigenvalue weighted by Crippen LogP contribution is 2.30. The van der Waals surface area contributed by atoms with E-state index in [4.69, 9.17) is 54.0 Å². The molecule has 32 heavy (non-hydrogen) atoms. The molecule has 1 aromatic heterocycles. The van der Waals surface area contributed by atoms with Gasteiger partial charge >= 0.3 is 0 Å². The Labute approximate surface area is 201 Å². The van der Waals surface area contributed by atoms with Crippen LogP contribution in [-0.2, 0) is 19.6 Å².